The molecule has 0 aromatic heterocycles. The molecule has 1 heterocycles. The number of aryl methyl sites for hydroxylation is 2. The summed E-state index contributed by atoms with van der Waals surface area (Å²) in [5.41, 5.74) is 2.43. The Hall–Kier alpha value is -1.77. The Balaban J connectivity index is 1.54. The average Bonchev–Trinajstić information content (AvgIpc) is 2.92. The van der Waals surface area contributed by atoms with Gasteiger partial charge in [0.25, 0.3) is 5.91 Å². The number of rotatable bonds is 3. The Morgan fingerprint density at radius 2 is 1.81 bits per heavy atom. The van der Waals surface area contributed by atoms with Gasteiger partial charge in [-0.3, -0.25) is 4.79 Å². The Bertz CT molecular complexity index is 548. The highest BCUT2D eigenvalue weighted by molar-refractivity contribution is 5.78. The lowest BCUT2D eigenvalue weighted by molar-refractivity contribution is -0.132. The molecule has 0 radical (unpaired) electrons. The van der Waals surface area contributed by atoms with E-state index in [1.165, 1.54) is 11.1 Å². The van der Waals surface area contributed by atoms with E-state index in [1.54, 1.807) is 0 Å². The van der Waals surface area contributed by atoms with Gasteiger partial charge in [0.05, 0.1) is 0 Å². The second kappa shape index (κ2) is 5.92. The highest BCUT2D eigenvalue weighted by Gasteiger charge is 2.34. The van der Waals surface area contributed by atoms with Crippen LogP contribution in [0.3, 0.4) is 0 Å². The van der Waals surface area contributed by atoms with Crippen molar-refractivity contribution in [3.8, 4) is 5.75 Å². The van der Waals surface area contributed by atoms with E-state index in [-0.39, 0.29) is 12.5 Å². The van der Waals surface area contributed by atoms with Gasteiger partial charge in [-0.2, -0.15) is 0 Å². The van der Waals surface area contributed by atoms with Crippen LogP contribution in [-0.4, -0.2) is 30.5 Å². The van der Waals surface area contributed by atoms with E-state index in [0.29, 0.717) is 11.8 Å². The predicted molar refractivity (Wildman–Crippen MR) is 83.3 cm³/mol. The van der Waals surface area contributed by atoms with E-state index in [1.807, 2.05) is 23.1 Å². The first-order valence-electron chi connectivity index (χ1n) is 7.76. The number of carbonyl (C=O) groups excluding carboxylic acids is 1. The van der Waals surface area contributed by atoms with Crippen molar-refractivity contribution in [1.29, 1.82) is 0 Å². The molecule has 0 spiro atoms. The molecule has 3 heteroatoms. The van der Waals surface area contributed by atoms with Gasteiger partial charge >= 0.3 is 0 Å². The minimum Gasteiger partial charge on any atom is -0.484 e. The fourth-order valence-corrected chi connectivity index (χ4v) is 3.26. The quantitative estimate of drug-likeness (QED) is 0.799. The van der Waals surface area contributed by atoms with Gasteiger partial charge in [0.2, 0.25) is 0 Å². The van der Waals surface area contributed by atoms with Crippen LogP contribution in [0.1, 0.15) is 24.0 Å². The van der Waals surface area contributed by atoms with Crippen molar-refractivity contribution in [3.05, 3.63) is 41.5 Å². The summed E-state index contributed by atoms with van der Waals surface area (Å²) in [6, 6.07) is 5.96. The highest BCUT2D eigenvalue weighted by atomic mass is 16.5. The number of fused-ring (bicyclic) bond motifs is 1. The SMILES string of the molecule is Cc1ccc(OCC(=O)N2CC3CC=CCC3C2)cc1C. The van der Waals surface area contributed by atoms with Crippen molar-refractivity contribution in [3.63, 3.8) is 0 Å². The van der Waals surface area contributed by atoms with E-state index in [0.717, 1.165) is 31.7 Å². The molecule has 1 fully saturated rings. The molecule has 0 bridgehead atoms. The fraction of sp³-hybridized carbons (Fsp3) is 0.500. The number of ether oxygens (including phenoxy) is 1. The van der Waals surface area contributed by atoms with Gasteiger partial charge in [0, 0.05) is 13.1 Å². The largest absolute Gasteiger partial charge is 0.484 e. The van der Waals surface area contributed by atoms with Gasteiger partial charge < -0.3 is 9.64 Å². The zero-order valence-electron chi connectivity index (χ0n) is 12.8. The minimum atomic E-state index is 0.114. The van der Waals surface area contributed by atoms with Crippen molar-refractivity contribution in [2.75, 3.05) is 19.7 Å². The Morgan fingerprint density at radius 3 is 2.43 bits per heavy atom. The molecule has 0 N–H and O–H groups in total. The molecule has 2 aliphatic rings. The second-order valence-corrected chi connectivity index (χ2v) is 6.30. The maximum absolute atomic E-state index is 12.3. The average molecular weight is 285 g/mol. The van der Waals surface area contributed by atoms with Gasteiger partial charge in [0.15, 0.2) is 6.61 Å². The number of nitrogens with zero attached hydrogens (tertiary/aromatic N) is 1. The first kappa shape index (κ1) is 14.2. The van der Waals surface area contributed by atoms with Crippen LogP contribution in [0.5, 0.6) is 5.75 Å². The molecule has 1 aromatic carbocycles. The van der Waals surface area contributed by atoms with Gasteiger partial charge in [-0.1, -0.05) is 18.2 Å². The zero-order valence-corrected chi connectivity index (χ0v) is 12.8. The molecule has 2 atom stereocenters. The summed E-state index contributed by atoms with van der Waals surface area (Å²) >= 11 is 0. The van der Waals surface area contributed by atoms with Crippen LogP contribution >= 0.6 is 0 Å². The van der Waals surface area contributed by atoms with Crippen LogP contribution < -0.4 is 4.74 Å². The molecular weight excluding hydrogens is 262 g/mol. The molecule has 112 valence electrons. The second-order valence-electron chi connectivity index (χ2n) is 6.30. The van der Waals surface area contributed by atoms with Crippen LogP contribution in [0, 0.1) is 25.7 Å². The van der Waals surface area contributed by atoms with Crippen LogP contribution in [0.2, 0.25) is 0 Å². The van der Waals surface area contributed by atoms with Crippen LogP contribution in [-0.2, 0) is 4.79 Å². The van der Waals surface area contributed by atoms with Gasteiger partial charge in [-0.15, -0.1) is 0 Å². The van der Waals surface area contributed by atoms with Crippen LogP contribution in [0.25, 0.3) is 0 Å². The Labute approximate surface area is 126 Å². The van der Waals surface area contributed by atoms with E-state index < -0.39 is 0 Å². The Kier molecular flexibility index (Phi) is 4.00. The van der Waals surface area contributed by atoms with Crippen LogP contribution in [0.15, 0.2) is 30.4 Å². The Morgan fingerprint density at radius 1 is 1.14 bits per heavy atom. The number of hydrogen-bond acceptors (Lipinski definition) is 2. The van der Waals surface area contributed by atoms with Crippen molar-refractivity contribution >= 4 is 5.91 Å². The first-order chi connectivity index (χ1) is 10.1. The topological polar surface area (TPSA) is 29.5 Å². The molecule has 1 amide bonds. The molecule has 1 aromatic rings. The molecule has 1 aliphatic heterocycles. The lowest BCUT2D eigenvalue weighted by atomic mass is 9.86. The van der Waals surface area contributed by atoms with Crippen LogP contribution in [0.4, 0.5) is 0 Å². The monoisotopic (exact) mass is 285 g/mol. The molecule has 3 rings (SSSR count). The highest BCUT2D eigenvalue weighted by Crippen LogP contribution is 2.32. The lowest BCUT2D eigenvalue weighted by Gasteiger charge is -2.17. The molecule has 0 saturated carbocycles. The summed E-state index contributed by atoms with van der Waals surface area (Å²) in [5, 5.41) is 0. The summed E-state index contributed by atoms with van der Waals surface area (Å²) < 4.78 is 5.66. The third-order valence-electron chi connectivity index (χ3n) is 4.81. The summed E-state index contributed by atoms with van der Waals surface area (Å²) in [7, 11) is 0. The smallest absolute Gasteiger partial charge is 0.260 e. The molecule has 21 heavy (non-hydrogen) atoms. The number of benzene rings is 1. The fourth-order valence-electron chi connectivity index (χ4n) is 3.26. The summed E-state index contributed by atoms with van der Waals surface area (Å²) in [4.78, 5) is 14.3. The van der Waals surface area contributed by atoms with E-state index >= 15 is 0 Å². The number of amides is 1. The number of allylic oxidation sites excluding steroid dienone is 2. The summed E-state index contributed by atoms with van der Waals surface area (Å²) in [5.74, 6) is 2.20. The van der Waals surface area contributed by atoms with Crippen molar-refractivity contribution < 1.29 is 9.53 Å². The van der Waals surface area contributed by atoms with Crippen molar-refractivity contribution in [1.82, 2.24) is 4.90 Å². The number of hydrogen-bond donors (Lipinski definition) is 0. The first-order valence-corrected chi connectivity index (χ1v) is 7.76. The van der Waals surface area contributed by atoms with E-state index in [4.69, 9.17) is 4.74 Å². The third kappa shape index (κ3) is 3.12. The number of carbonyl (C=O) groups is 1. The summed E-state index contributed by atoms with van der Waals surface area (Å²) in [6.07, 6.45) is 6.74. The maximum Gasteiger partial charge on any atom is 0.260 e. The normalized spacial score (nSPS) is 24.0. The zero-order chi connectivity index (χ0) is 14.8. The molecule has 3 nitrogen and oxygen atoms in total. The summed E-state index contributed by atoms with van der Waals surface area (Å²) in [6.45, 7) is 6.07. The standard InChI is InChI=1S/C18H23NO2/c1-13-7-8-17(9-14(13)2)21-12-18(20)19-10-15-5-3-4-6-16(15)11-19/h3-4,7-9,15-16H,5-6,10-12H2,1-2H3. The van der Waals surface area contributed by atoms with E-state index in [2.05, 4.69) is 26.0 Å². The van der Waals surface area contributed by atoms with Gasteiger partial charge in [-0.05, 0) is 61.8 Å². The molecule has 1 aliphatic carbocycles. The van der Waals surface area contributed by atoms with Crippen molar-refractivity contribution in [2.24, 2.45) is 11.8 Å². The van der Waals surface area contributed by atoms with Gasteiger partial charge in [0.1, 0.15) is 5.75 Å². The molecule has 2 unspecified atom stereocenters. The third-order valence-corrected chi connectivity index (χ3v) is 4.81. The minimum absolute atomic E-state index is 0.114. The number of likely N-dealkylation sites (tertiary alicyclic amines) is 1. The lowest BCUT2D eigenvalue weighted by Crippen LogP contribution is -2.33. The van der Waals surface area contributed by atoms with Crippen molar-refractivity contribution in [2.45, 2.75) is 26.7 Å². The molecule has 1 saturated heterocycles. The van der Waals surface area contributed by atoms with E-state index in [9.17, 15) is 4.79 Å². The predicted octanol–water partition coefficient (Wildman–Crippen LogP) is 3.11. The molecular formula is C18H23NO2. The maximum atomic E-state index is 12.3. The van der Waals surface area contributed by atoms with Gasteiger partial charge in [-0.25, -0.2) is 0 Å².